The van der Waals surface area contributed by atoms with Crippen molar-refractivity contribution >= 4 is 56.5 Å². The molecular formula is C22H14N4OS. The van der Waals surface area contributed by atoms with Crippen LogP contribution in [0.25, 0.3) is 27.9 Å². The number of fused-ring (bicyclic) bond motifs is 2. The second-order valence-corrected chi connectivity index (χ2v) is 7.33. The molecule has 1 fully saturated rings. The molecule has 0 spiro atoms. The Hall–Kier alpha value is -3.51. The normalized spacial score (nSPS) is 16.9. The number of benzene rings is 2. The third kappa shape index (κ3) is 3.25. The smallest absolute Gasteiger partial charge is 0.264 e. The maximum Gasteiger partial charge on any atom is 0.264 e. The minimum atomic E-state index is -0.157. The molecule has 2 aromatic carbocycles. The van der Waals surface area contributed by atoms with Crippen LogP contribution in [0.15, 0.2) is 82.8 Å². The number of nitrogens with one attached hydrogen (secondary N) is 1. The quantitative estimate of drug-likeness (QED) is 0.512. The van der Waals surface area contributed by atoms with Gasteiger partial charge in [-0.3, -0.25) is 9.78 Å². The van der Waals surface area contributed by atoms with Crippen molar-refractivity contribution in [3.8, 4) is 0 Å². The van der Waals surface area contributed by atoms with Crippen molar-refractivity contribution in [2.45, 2.75) is 0 Å². The molecule has 5 nitrogen and oxygen atoms in total. The van der Waals surface area contributed by atoms with Crippen LogP contribution < -0.4 is 5.32 Å². The van der Waals surface area contributed by atoms with E-state index in [1.165, 1.54) is 11.8 Å². The van der Waals surface area contributed by atoms with Gasteiger partial charge in [0.25, 0.3) is 5.91 Å². The molecule has 1 amide bonds. The van der Waals surface area contributed by atoms with E-state index in [-0.39, 0.29) is 5.91 Å². The van der Waals surface area contributed by atoms with Gasteiger partial charge >= 0.3 is 0 Å². The first kappa shape index (κ1) is 16.6. The van der Waals surface area contributed by atoms with E-state index in [0.717, 1.165) is 27.4 Å². The van der Waals surface area contributed by atoms with E-state index in [4.69, 9.17) is 0 Å². The van der Waals surface area contributed by atoms with Crippen molar-refractivity contribution in [1.82, 2.24) is 15.3 Å². The van der Waals surface area contributed by atoms with Gasteiger partial charge in [-0.1, -0.05) is 30.3 Å². The Labute approximate surface area is 165 Å². The lowest BCUT2D eigenvalue weighted by atomic mass is 10.1. The number of para-hydroxylation sites is 1. The van der Waals surface area contributed by atoms with Gasteiger partial charge in [0, 0.05) is 17.0 Å². The summed E-state index contributed by atoms with van der Waals surface area (Å²) in [6.07, 6.45) is 3.63. The Bertz CT molecular complexity index is 1300. The Balaban J connectivity index is 1.43. The van der Waals surface area contributed by atoms with E-state index in [1.807, 2.05) is 72.8 Å². The number of aliphatic imine (C=N–C) groups is 1. The van der Waals surface area contributed by atoms with Gasteiger partial charge in [0.05, 0.1) is 15.9 Å². The number of hydrogen-bond acceptors (Lipinski definition) is 5. The summed E-state index contributed by atoms with van der Waals surface area (Å²) in [6, 6.07) is 21.5. The van der Waals surface area contributed by atoms with Crippen molar-refractivity contribution < 1.29 is 4.79 Å². The summed E-state index contributed by atoms with van der Waals surface area (Å²) in [7, 11) is 0. The van der Waals surface area contributed by atoms with Gasteiger partial charge in [-0.15, -0.1) is 0 Å². The second kappa shape index (κ2) is 6.90. The zero-order chi connectivity index (χ0) is 18.9. The number of amides is 1. The second-order valence-electron chi connectivity index (χ2n) is 6.30. The van der Waals surface area contributed by atoms with Crippen molar-refractivity contribution in [1.29, 1.82) is 0 Å². The van der Waals surface area contributed by atoms with E-state index < -0.39 is 0 Å². The maximum atomic E-state index is 12.3. The molecule has 0 radical (unpaired) electrons. The molecule has 5 rings (SSSR count). The van der Waals surface area contributed by atoms with Crippen LogP contribution in [-0.4, -0.2) is 21.0 Å². The van der Waals surface area contributed by atoms with E-state index in [1.54, 1.807) is 6.20 Å². The molecule has 28 heavy (non-hydrogen) atoms. The highest BCUT2D eigenvalue weighted by molar-refractivity contribution is 8.18. The molecule has 4 aromatic rings. The predicted octanol–water partition coefficient (Wildman–Crippen LogP) is 4.67. The Morgan fingerprint density at radius 3 is 2.79 bits per heavy atom. The summed E-state index contributed by atoms with van der Waals surface area (Å²) in [6.45, 7) is 0. The van der Waals surface area contributed by atoms with E-state index in [0.29, 0.717) is 15.9 Å². The van der Waals surface area contributed by atoms with Crippen LogP contribution in [0.2, 0.25) is 0 Å². The number of aromatic nitrogens is 2. The van der Waals surface area contributed by atoms with Crippen LogP contribution in [0.3, 0.4) is 0 Å². The van der Waals surface area contributed by atoms with Crippen LogP contribution in [0.1, 0.15) is 5.56 Å². The SMILES string of the molecule is O=C1NC(=Nc2ccc3ccccc3n2)S/C1=C/c1ccc2ncccc2c1. The van der Waals surface area contributed by atoms with Gasteiger partial charge in [-0.05, 0) is 59.8 Å². The zero-order valence-electron chi connectivity index (χ0n) is 14.7. The third-order valence-electron chi connectivity index (χ3n) is 4.38. The monoisotopic (exact) mass is 382 g/mol. The third-order valence-corrected chi connectivity index (χ3v) is 5.29. The van der Waals surface area contributed by atoms with Gasteiger partial charge < -0.3 is 5.32 Å². The average molecular weight is 382 g/mol. The number of carbonyl (C=O) groups is 1. The number of thioether (sulfide) groups is 1. The number of nitrogens with zero attached hydrogens (tertiary/aromatic N) is 3. The molecule has 0 aliphatic carbocycles. The summed E-state index contributed by atoms with van der Waals surface area (Å²) in [5.41, 5.74) is 2.75. The predicted molar refractivity (Wildman–Crippen MR) is 114 cm³/mol. The number of carbonyl (C=O) groups excluding carboxylic acids is 1. The number of rotatable bonds is 2. The van der Waals surface area contributed by atoms with E-state index in [2.05, 4.69) is 20.3 Å². The van der Waals surface area contributed by atoms with Gasteiger partial charge in [0.2, 0.25) is 0 Å². The van der Waals surface area contributed by atoms with Crippen LogP contribution >= 0.6 is 11.8 Å². The first-order valence-corrected chi connectivity index (χ1v) is 9.56. The minimum absolute atomic E-state index is 0.157. The van der Waals surface area contributed by atoms with Crippen LogP contribution in [0.4, 0.5) is 5.82 Å². The van der Waals surface area contributed by atoms with Gasteiger partial charge in [0.1, 0.15) is 0 Å². The molecule has 3 heterocycles. The molecule has 0 saturated carbocycles. The average Bonchev–Trinajstić information content (AvgIpc) is 3.06. The molecule has 1 saturated heterocycles. The van der Waals surface area contributed by atoms with Crippen molar-refractivity contribution in [2.24, 2.45) is 4.99 Å². The molecule has 134 valence electrons. The summed E-state index contributed by atoms with van der Waals surface area (Å²) in [4.78, 5) is 26.3. The summed E-state index contributed by atoms with van der Waals surface area (Å²) >= 11 is 1.31. The Morgan fingerprint density at radius 1 is 0.929 bits per heavy atom. The van der Waals surface area contributed by atoms with Crippen LogP contribution in [-0.2, 0) is 4.79 Å². The van der Waals surface area contributed by atoms with Gasteiger partial charge in [0.15, 0.2) is 11.0 Å². The molecule has 2 aromatic heterocycles. The first-order valence-electron chi connectivity index (χ1n) is 8.75. The van der Waals surface area contributed by atoms with Crippen molar-refractivity contribution in [3.63, 3.8) is 0 Å². The number of hydrogen-bond donors (Lipinski definition) is 1. The maximum absolute atomic E-state index is 12.3. The van der Waals surface area contributed by atoms with E-state index >= 15 is 0 Å². The van der Waals surface area contributed by atoms with Crippen LogP contribution in [0.5, 0.6) is 0 Å². The highest BCUT2D eigenvalue weighted by Crippen LogP contribution is 2.28. The minimum Gasteiger partial charge on any atom is -0.300 e. The summed E-state index contributed by atoms with van der Waals surface area (Å²) in [5, 5.41) is 5.43. The van der Waals surface area contributed by atoms with Gasteiger partial charge in [-0.25, -0.2) is 9.98 Å². The highest BCUT2D eigenvalue weighted by atomic mass is 32.2. The van der Waals surface area contributed by atoms with Crippen molar-refractivity contribution in [2.75, 3.05) is 0 Å². The fraction of sp³-hybridized carbons (Fsp3) is 0. The lowest BCUT2D eigenvalue weighted by Crippen LogP contribution is -2.19. The molecule has 1 aliphatic rings. The Morgan fingerprint density at radius 2 is 1.82 bits per heavy atom. The van der Waals surface area contributed by atoms with Gasteiger partial charge in [-0.2, -0.15) is 0 Å². The summed E-state index contributed by atoms with van der Waals surface area (Å²) in [5.74, 6) is 0.412. The molecule has 0 atom stereocenters. The van der Waals surface area contributed by atoms with Crippen LogP contribution in [0, 0.1) is 0 Å². The zero-order valence-corrected chi connectivity index (χ0v) is 15.5. The van der Waals surface area contributed by atoms with Crippen molar-refractivity contribution in [3.05, 3.63) is 83.4 Å². The lowest BCUT2D eigenvalue weighted by molar-refractivity contribution is -0.115. The highest BCUT2D eigenvalue weighted by Gasteiger charge is 2.24. The number of pyridine rings is 2. The summed E-state index contributed by atoms with van der Waals surface area (Å²) < 4.78 is 0. The molecule has 0 unspecified atom stereocenters. The molecular weight excluding hydrogens is 368 g/mol. The lowest BCUT2D eigenvalue weighted by Gasteiger charge is -1.99. The topological polar surface area (TPSA) is 67.2 Å². The fourth-order valence-electron chi connectivity index (χ4n) is 3.04. The number of amidine groups is 1. The van der Waals surface area contributed by atoms with E-state index in [9.17, 15) is 4.79 Å². The Kier molecular flexibility index (Phi) is 4.10. The largest absolute Gasteiger partial charge is 0.300 e. The molecule has 1 aliphatic heterocycles. The molecule has 0 bridgehead atoms. The first-order chi connectivity index (χ1) is 13.7. The standard InChI is InChI=1S/C22H14N4OS/c27-21-19(13-14-7-9-17-16(12-14)5-3-11-23-17)28-22(26-21)25-20-10-8-15-4-1-2-6-18(15)24-20/h1-13H,(H,24,25,26,27)/b19-13+. The molecule has 6 heteroatoms. The molecule has 1 N–H and O–H groups in total. The fourth-order valence-corrected chi connectivity index (χ4v) is 3.87.